The molecular formula is C11H14F2N2O2. The van der Waals surface area contributed by atoms with Crippen LogP contribution in [0, 0.1) is 0 Å². The summed E-state index contributed by atoms with van der Waals surface area (Å²) in [7, 11) is 2.74. The molecule has 6 heteroatoms. The minimum atomic E-state index is -2.56. The monoisotopic (exact) mass is 244 g/mol. The molecular weight excluding hydrogens is 230 g/mol. The third-order valence-corrected chi connectivity index (χ3v) is 2.24. The summed E-state index contributed by atoms with van der Waals surface area (Å²) in [5, 5.41) is 0. The number of methoxy groups -OCH3 is 1. The van der Waals surface area contributed by atoms with E-state index in [0.29, 0.717) is 11.4 Å². The number of benzene rings is 1. The minimum Gasteiger partial charge on any atom is -0.495 e. The molecule has 0 heterocycles. The fourth-order valence-corrected chi connectivity index (χ4v) is 1.35. The molecule has 1 aromatic rings. The lowest BCUT2D eigenvalue weighted by atomic mass is 10.1. The minimum absolute atomic E-state index is 0.263. The van der Waals surface area contributed by atoms with Gasteiger partial charge in [0, 0.05) is 12.6 Å². The Morgan fingerprint density at radius 2 is 2.18 bits per heavy atom. The Hall–Kier alpha value is -1.85. The van der Waals surface area contributed by atoms with Gasteiger partial charge in [0.05, 0.1) is 19.3 Å². The molecule has 1 amide bonds. The van der Waals surface area contributed by atoms with Crippen LogP contribution in [-0.2, 0) is 0 Å². The van der Waals surface area contributed by atoms with Gasteiger partial charge in [0.25, 0.3) is 12.3 Å². The van der Waals surface area contributed by atoms with Gasteiger partial charge >= 0.3 is 0 Å². The largest absolute Gasteiger partial charge is 0.495 e. The van der Waals surface area contributed by atoms with E-state index in [-0.39, 0.29) is 5.56 Å². The van der Waals surface area contributed by atoms with Crippen LogP contribution < -0.4 is 10.5 Å². The van der Waals surface area contributed by atoms with E-state index in [2.05, 4.69) is 0 Å². The first-order chi connectivity index (χ1) is 7.95. The first kappa shape index (κ1) is 13.2. The lowest BCUT2D eigenvalue weighted by molar-refractivity contribution is 0.0620. The van der Waals surface area contributed by atoms with Gasteiger partial charge in [0.2, 0.25) is 0 Å². The first-order valence-electron chi connectivity index (χ1n) is 4.92. The normalized spacial score (nSPS) is 10.4. The second kappa shape index (κ2) is 5.47. The molecule has 0 radical (unpaired) electrons. The number of nitrogen functional groups attached to an aromatic ring is 1. The van der Waals surface area contributed by atoms with Crippen molar-refractivity contribution in [3.63, 3.8) is 0 Å². The van der Waals surface area contributed by atoms with E-state index in [1.54, 1.807) is 0 Å². The van der Waals surface area contributed by atoms with E-state index in [4.69, 9.17) is 10.5 Å². The number of carbonyl (C=O) groups is 1. The number of carbonyl (C=O) groups excluding carboxylic acids is 1. The van der Waals surface area contributed by atoms with E-state index in [1.165, 1.54) is 32.4 Å². The van der Waals surface area contributed by atoms with E-state index in [9.17, 15) is 13.6 Å². The molecule has 0 aliphatic heterocycles. The van der Waals surface area contributed by atoms with Crippen LogP contribution in [0.3, 0.4) is 0 Å². The van der Waals surface area contributed by atoms with Gasteiger partial charge in [0.15, 0.2) is 0 Å². The number of rotatable bonds is 4. The maximum Gasteiger partial charge on any atom is 0.255 e. The standard InChI is InChI=1S/C11H14F2N2O2/c1-15(6-10(12)13)11(16)7-3-4-8(14)9(5-7)17-2/h3-5,10H,6,14H2,1-2H3. The molecule has 1 rings (SSSR count). The number of hydrogen-bond donors (Lipinski definition) is 1. The lowest BCUT2D eigenvalue weighted by Crippen LogP contribution is -2.31. The Labute approximate surface area is 98.0 Å². The van der Waals surface area contributed by atoms with Crippen molar-refractivity contribution >= 4 is 11.6 Å². The predicted molar refractivity (Wildman–Crippen MR) is 60.4 cm³/mol. The molecule has 0 bridgehead atoms. The molecule has 2 N–H and O–H groups in total. The van der Waals surface area contributed by atoms with Crippen LogP contribution in [0.1, 0.15) is 10.4 Å². The Kier molecular flexibility index (Phi) is 4.25. The maximum absolute atomic E-state index is 12.1. The fraction of sp³-hybridized carbons (Fsp3) is 0.364. The number of ether oxygens (including phenoxy) is 1. The maximum atomic E-state index is 12.1. The second-order valence-corrected chi connectivity index (χ2v) is 3.53. The van der Waals surface area contributed by atoms with Gasteiger partial charge in [-0.1, -0.05) is 0 Å². The Morgan fingerprint density at radius 3 is 2.71 bits per heavy atom. The van der Waals surface area contributed by atoms with E-state index < -0.39 is 18.9 Å². The van der Waals surface area contributed by atoms with Gasteiger partial charge in [-0.05, 0) is 18.2 Å². The molecule has 0 unspecified atom stereocenters. The molecule has 0 saturated carbocycles. The molecule has 1 aromatic carbocycles. The number of nitrogens with two attached hydrogens (primary N) is 1. The van der Waals surface area contributed by atoms with Crippen molar-refractivity contribution in [1.82, 2.24) is 4.90 Å². The van der Waals surface area contributed by atoms with Crippen molar-refractivity contribution in [2.75, 3.05) is 26.4 Å². The highest BCUT2D eigenvalue weighted by molar-refractivity contribution is 5.95. The lowest BCUT2D eigenvalue weighted by Gasteiger charge is -2.17. The van der Waals surface area contributed by atoms with Crippen molar-refractivity contribution < 1.29 is 18.3 Å². The SMILES string of the molecule is COc1cc(C(=O)N(C)CC(F)F)ccc1N. The van der Waals surface area contributed by atoms with Crippen LogP contribution in [-0.4, -0.2) is 37.9 Å². The number of anilines is 1. The Balaban J connectivity index is 2.89. The van der Waals surface area contributed by atoms with Crippen LogP contribution in [0.25, 0.3) is 0 Å². The van der Waals surface area contributed by atoms with Crippen molar-refractivity contribution in [3.8, 4) is 5.75 Å². The highest BCUT2D eigenvalue weighted by atomic mass is 19.3. The van der Waals surface area contributed by atoms with Gasteiger partial charge in [-0.3, -0.25) is 4.79 Å². The highest BCUT2D eigenvalue weighted by Gasteiger charge is 2.16. The van der Waals surface area contributed by atoms with Crippen LogP contribution in [0.15, 0.2) is 18.2 Å². The smallest absolute Gasteiger partial charge is 0.255 e. The molecule has 0 atom stereocenters. The summed E-state index contributed by atoms with van der Waals surface area (Å²) in [4.78, 5) is 12.7. The molecule has 0 spiro atoms. The molecule has 0 aromatic heterocycles. The third-order valence-electron chi connectivity index (χ3n) is 2.24. The van der Waals surface area contributed by atoms with Crippen LogP contribution in [0.5, 0.6) is 5.75 Å². The summed E-state index contributed by atoms with van der Waals surface area (Å²) in [5.74, 6) is -0.148. The predicted octanol–water partition coefficient (Wildman–Crippen LogP) is 1.61. The van der Waals surface area contributed by atoms with Gasteiger partial charge in [0.1, 0.15) is 5.75 Å². The zero-order valence-electron chi connectivity index (χ0n) is 9.61. The number of alkyl halides is 2. The number of halogens is 2. The van der Waals surface area contributed by atoms with Crippen LogP contribution in [0.2, 0.25) is 0 Å². The Morgan fingerprint density at radius 1 is 1.53 bits per heavy atom. The average molecular weight is 244 g/mol. The van der Waals surface area contributed by atoms with Crippen LogP contribution >= 0.6 is 0 Å². The summed E-state index contributed by atoms with van der Waals surface area (Å²) < 4.78 is 29.2. The molecule has 94 valence electrons. The summed E-state index contributed by atoms with van der Waals surface area (Å²) in [6, 6.07) is 4.41. The average Bonchev–Trinajstić information content (AvgIpc) is 2.27. The summed E-state index contributed by atoms with van der Waals surface area (Å²) in [6.07, 6.45) is -2.56. The summed E-state index contributed by atoms with van der Waals surface area (Å²) in [6.45, 7) is -0.606. The third kappa shape index (κ3) is 3.30. The molecule has 4 nitrogen and oxygen atoms in total. The van der Waals surface area contributed by atoms with E-state index in [0.717, 1.165) is 4.90 Å². The zero-order valence-corrected chi connectivity index (χ0v) is 9.61. The summed E-state index contributed by atoms with van der Waals surface area (Å²) >= 11 is 0. The Bertz CT molecular complexity index is 410. The van der Waals surface area contributed by atoms with Gasteiger partial charge < -0.3 is 15.4 Å². The number of nitrogens with zero attached hydrogens (tertiary/aromatic N) is 1. The van der Waals surface area contributed by atoms with Crippen molar-refractivity contribution in [2.24, 2.45) is 0 Å². The second-order valence-electron chi connectivity index (χ2n) is 3.53. The fourth-order valence-electron chi connectivity index (χ4n) is 1.35. The topological polar surface area (TPSA) is 55.6 Å². The quantitative estimate of drug-likeness (QED) is 0.819. The zero-order chi connectivity index (χ0) is 13.0. The van der Waals surface area contributed by atoms with E-state index >= 15 is 0 Å². The first-order valence-corrected chi connectivity index (χ1v) is 4.92. The van der Waals surface area contributed by atoms with Crippen molar-refractivity contribution in [3.05, 3.63) is 23.8 Å². The van der Waals surface area contributed by atoms with E-state index in [1.807, 2.05) is 0 Å². The molecule has 0 fully saturated rings. The summed E-state index contributed by atoms with van der Waals surface area (Å²) in [5.41, 5.74) is 6.24. The van der Waals surface area contributed by atoms with Crippen LogP contribution in [0.4, 0.5) is 14.5 Å². The highest BCUT2D eigenvalue weighted by Crippen LogP contribution is 2.22. The molecule has 0 aliphatic rings. The molecule has 0 aliphatic carbocycles. The number of hydrogen-bond acceptors (Lipinski definition) is 3. The van der Waals surface area contributed by atoms with Gasteiger partial charge in [-0.15, -0.1) is 0 Å². The molecule has 17 heavy (non-hydrogen) atoms. The van der Waals surface area contributed by atoms with Gasteiger partial charge in [-0.2, -0.15) is 0 Å². The van der Waals surface area contributed by atoms with Crippen molar-refractivity contribution in [2.45, 2.75) is 6.43 Å². The number of amides is 1. The van der Waals surface area contributed by atoms with Crippen molar-refractivity contribution in [1.29, 1.82) is 0 Å². The van der Waals surface area contributed by atoms with Gasteiger partial charge in [-0.25, -0.2) is 8.78 Å². The molecule has 0 saturated heterocycles.